The van der Waals surface area contributed by atoms with E-state index in [-0.39, 0.29) is 6.42 Å². The van der Waals surface area contributed by atoms with Crippen molar-refractivity contribution in [3.8, 4) is 0 Å². The normalized spacial score (nSPS) is 52.5. The monoisotopic (exact) mass is 498 g/mol. The fraction of sp³-hybridized carbons (Fsp3) is 1.00. The molecule has 8 N–H and O–H groups in total. The van der Waals surface area contributed by atoms with Crippen molar-refractivity contribution in [2.24, 2.45) is 0 Å². The minimum absolute atomic E-state index is 0.264. The summed E-state index contributed by atoms with van der Waals surface area (Å²) in [5, 5.41) is 83.0. The van der Waals surface area contributed by atoms with E-state index in [9.17, 15) is 40.9 Å². The first-order valence-electron chi connectivity index (χ1n) is 11.8. The van der Waals surface area contributed by atoms with Gasteiger partial charge in [-0.25, -0.2) is 0 Å². The highest BCUT2D eigenvalue weighted by atomic mass is 16.7. The average molecular weight is 499 g/mol. The molecule has 13 nitrogen and oxygen atoms in total. The van der Waals surface area contributed by atoms with Gasteiger partial charge in [0, 0.05) is 0 Å². The number of aliphatic hydroxyl groups is 8. The van der Waals surface area contributed by atoms with Gasteiger partial charge < -0.3 is 64.5 Å². The summed E-state index contributed by atoms with van der Waals surface area (Å²) < 4.78 is 27.7. The Kier molecular flexibility index (Phi) is 9.64. The molecular weight excluding hydrogens is 460 g/mol. The van der Waals surface area contributed by atoms with Gasteiger partial charge in [-0.2, -0.15) is 0 Å². The van der Waals surface area contributed by atoms with E-state index in [2.05, 4.69) is 0 Å². The summed E-state index contributed by atoms with van der Waals surface area (Å²) in [4.78, 5) is 0. The van der Waals surface area contributed by atoms with Crippen LogP contribution in [-0.2, 0) is 23.7 Å². The fourth-order valence-corrected chi connectivity index (χ4v) is 4.60. The number of hydrogen-bond donors (Lipinski definition) is 8. The number of ether oxygens (including phenoxy) is 5. The maximum Gasteiger partial charge on any atom is 0.187 e. The van der Waals surface area contributed by atoms with Crippen LogP contribution in [0, 0.1) is 0 Å². The van der Waals surface area contributed by atoms with Crippen LogP contribution in [0.4, 0.5) is 0 Å². The predicted molar refractivity (Wildman–Crippen MR) is 111 cm³/mol. The van der Waals surface area contributed by atoms with Gasteiger partial charge in [-0.3, -0.25) is 0 Å². The topological polar surface area (TPSA) is 208 Å². The molecule has 3 fully saturated rings. The van der Waals surface area contributed by atoms with Gasteiger partial charge in [0.05, 0.1) is 18.3 Å². The van der Waals surface area contributed by atoms with Crippen molar-refractivity contribution in [3.63, 3.8) is 0 Å². The van der Waals surface area contributed by atoms with Crippen LogP contribution in [0.5, 0.6) is 0 Å². The Morgan fingerprint density at radius 3 is 1.38 bits per heavy atom. The molecule has 3 saturated heterocycles. The Morgan fingerprint density at radius 1 is 0.471 bits per heavy atom. The Labute approximate surface area is 197 Å². The lowest BCUT2D eigenvalue weighted by Gasteiger charge is -2.48. The van der Waals surface area contributed by atoms with Crippen LogP contribution in [0.1, 0.15) is 40.0 Å². The third kappa shape index (κ3) is 5.42. The Balaban J connectivity index is 1.78. The molecule has 0 spiro atoms. The summed E-state index contributed by atoms with van der Waals surface area (Å²) in [5.74, 6) is 0. The van der Waals surface area contributed by atoms with E-state index in [1.807, 2.05) is 0 Å². The van der Waals surface area contributed by atoms with Crippen LogP contribution in [0.25, 0.3) is 0 Å². The van der Waals surface area contributed by atoms with Crippen molar-refractivity contribution in [1.29, 1.82) is 0 Å². The fourth-order valence-electron chi connectivity index (χ4n) is 4.60. The van der Waals surface area contributed by atoms with Gasteiger partial charge in [-0.05, 0) is 19.3 Å². The zero-order valence-corrected chi connectivity index (χ0v) is 19.4. The van der Waals surface area contributed by atoms with E-state index >= 15 is 0 Å². The van der Waals surface area contributed by atoms with Crippen LogP contribution in [-0.4, -0.2) is 133 Å². The van der Waals surface area contributed by atoms with Gasteiger partial charge in [-0.15, -0.1) is 0 Å². The first-order chi connectivity index (χ1) is 16.0. The molecule has 0 aromatic heterocycles. The van der Waals surface area contributed by atoms with Crippen LogP contribution in [0.2, 0.25) is 0 Å². The lowest BCUT2D eigenvalue weighted by Crippen LogP contribution is -2.66. The molecule has 0 aliphatic carbocycles. The first-order valence-corrected chi connectivity index (χ1v) is 11.8. The van der Waals surface area contributed by atoms with E-state index in [0.717, 1.165) is 0 Å². The summed E-state index contributed by atoms with van der Waals surface area (Å²) in [6.45, 7) is 5.11. The lowest BCUT2D eigenvalue weighted by atomic mass is 9.94. The smallest absolute Gasteiger partial charge is 0.187 e. The van der Waals surface area contributed by atoms with Gasteiger partial charge in [-0.1, -0.05) is 20.8 Å². The van der Waals surface area contributed by atoms with Gasteiger partial charge in [0.25, 0.3) is 0 Å². The van der Waals surface area contributed by atoms with Crippen molar-refractivity contribution in [3.05, 3.63) is 0 Å². The molecule has 0 radical (unpaired) electrons. The second kappa shape index (κ2) is 11.7. The van der Waals surface area contributed by atoms with Crippen molar-refractivity contribution < 1.29 is 64.5 Å². The van der Waals surface area contributed by atoms with Gasteiger partial charge in [0.15, 0.2) is 18.9 Å². The molecular formula is C21H38O13. The molecule has 200 valence electrons. The Morgan fingerprint density at radius 2 is 0.882 bits per heavy atom. The summed E-state index contributed by atoms with van der Waals surface area (Å²) in [6.07, 6.45) is -19.8. The molecule has 0 aromatic carbocycles. The summed E-state index contributed by atoms with van der Waals surface area (Å²) >= 11 is 0. The summed E-state index contributed by atoms with van der Waals surface area (Å²) in [7, 11) is 0. The van der Waals surface area contributed by atoms with Crippen LogP contribution < -0.4 is 0 Å². The molecule has 13 heteroatoms. The standard InChI is InChI=1S/C21H38O13/c1-4-7-10(22)13(25)14(26)20(31-7)34-18-12(24)9(6-3)32-21(16(18)28)33-17-11(23)8(5-2)30-19(29)15(17)27/h7-29H,4-6H2,1-3H3/t7?,8?,9?,10-,11-,12-,13+,14?,15?,16?,17+,18+,19?,20+,21+/m1/s1. The third-order valence-corrected chi connectivity index (χ3v) is 6.76. The summed E-state index contributed by atoms with van der Waals surface area (Å²) in [6, 6.07) is 0. The van der Waals surface area contributed by atoms with Crippen molar-refractivity contribution in [1.82, 2.24) is 0 Å². The minimum Gasteiger partial charge on any atom is -0.388 e. The molecule has 3 aliphatic rings. The van der Waals surface area contributed by atoms with Crippen LogP contribution in [0.3, 0.4) is 0 Å². The van der Waals surface area contributed by atoms with Crippen molar-refractivity contribution in [2.45, 2.75) is 132 Å². The first kappa shape index (κ1) is 28.1. The predicted octanol–water partition coefficient (Wildman–Crippen LogP) is -3.32. The molecule has 3 heterocycles. The molecule has 0 amide bonds. The molecule has 3 aliphatic heterocycles. The van der Waals surface area contributed by atoms with Crippen LogP contribution >= 0.6 is 0 Å². The molecule has 15 atom stereocenters. The van der Waals surface area contributed by atoms with Gasteiger partial charge in [0.2, 0.25) is 0 Å². The Hall–Kier alpha value is -0.520. The number of hydrogen-bond acceptors (Lipinski definition) is 13. The maximum atomic E-state index is 10.9. The maximum absolute atomic E-state index is 10.9. The molecule has 34 heavy (non-hydrogen) atoms. The van der Waals surface area contributed by atoms with Gasteiger partial charge in [0.1, 0.15) is 54.9 Å². The lowest BCUT2D eigenvalue weighted by molar-refractivity contribution is -0.376. The minimum atomic E-state index is -1.68. The zero-order valence-electron chi connectivity index (χ0n) is 19.4. The van der Waals surface area contributed by atoms with E-state index in [4.69, 9.17) is 23.7 Å². The van der Waals surface area contributed by atoms with Crippen molar-refractivity contribution in [2.75, 3.05) is 0 Å². The summed E-state index contributed by atoms with van der Waals surface area (Å²) in [5.41, 5.74) is 0. The van der Waals surface area contributed by atoms with E-state index < -0.39 is 92.1 Å². The highest BCUT2D eigenvalue weighted by Gasteiger charge is 2.53. The highest BCUT2D eigenvalue weighted by molar-refractivity contribution is 4.96. The third-order valence-electron chi connectivity index (χ3n) is 6.76. The van der Waals surface area contributed by atoms with Crippen molar-refractivity contribution >= 4 is 0 Å². The highest BCUT2D eigenvalue weighted by Crippen LogP contribution is 2.33. The van der Waals surface area contributed by atoms with Crippen LogP contribution in [0.15, 0.2) is 0 Å². The number of rotatable bonds is 7. The molecule has 7 unspecified atom stereocenters. The Bertz CT molecular complexity index is 638. The molecule has 0 bridgehead atoms. The molecule has 0 aromatic rings. The van der Waals surface area contributed by atoms with E-state index in [1.165, 1.54) is 0 Å². The molecule has 3 rings (SSSR count). The number of aliphatic hydroxyl groups excluding tert-OH is 8. The van der Waals surface area contributed by atoms with E-state index in [0.29, 0.717) is 12.8 Å². The second-order valence-electron chi connectivity index (χ2n) is 9.01. The van der Waals surface area contributed by atoms with E-state index in [1.54, 1.807) is 20.8 Å². The SMILES string of the molecule is CCC1O[C@@H](O[C@@H]2C(O)[C@H](O[C@@H]3C(O)C(O)OC(CC)[C@H]3O)OC(CC)[C@H]2O)C(O)[C@@H](O)[C@@H]1O. The second-order valence-corrected chi connectivity index (χ2v) is 9.01. The molecule has 0 saturated carbocycles. The largest absolute Gasteiger partial charge is 0.388 e. The quantitative estimate of drug-likeness (QED) is 0.173. The van der Waals surface area contributed by atoms with Gasteiger partial charge >= 0.3 is 0 Å². The average Bonchev–Trinajstić information content (AvgIpc) is 2.82. The zero-order chi connectivity index (χ0) is 25.3.